The highest BCUT2D eigenvalue weighted by Crippen LogP contribution is 2.54. The van der Waals surface area contributed by atoms with Crippen LogP contribution in [0.1, 0.15) is 44.6 Å². The zero-order chi connectivity index (χ0) is 12.5. The van der Waals surface area contributed by atoms with Gasteiger partial charge in [0.05, 0.1) is 7.11 Å². The Morgan fingerprint density at radius 3 is 2.24 bits per heavy atom. The van der Waals surface area contributed by atoms with Gasteiger partial charge in [-0.2, -0.15) is 0 Å². The standard InChI is InChI=1S/C15H20O2/c1-4-15(5-2)13(10-14(15)16)11-6-8-12(17-3)9-7-11/h6-9,13H,4-5,10H2,1-3H3. The van der Waals surface area contributed by atoms with Crippen LogP contribution in [0.25, 0.3) is 0 Å². The molecule has 1 aliphatic carbocycles. The van der Waals surface area contributed by atoms with E-state index < -0.39 is 0 Å². The van der Waals surface area contributed by atoms with Gasteiger partial charge in [0.15, 0.2) is 0 Å². The van der Waals surface area contributed by atoms with E-state index in [4.69, 9.17) is 4.74 Å². The molecular formula is C15H20O2. The average Bonchev–Trinajstić information content (AvgIpc) is 2.38. The average molecular weight is 232 g/mol. The number of carbonyl (C=O) groups is 1. The quantitative estimate of drug-likeness (QED) is 0.793. The van der Waals surface area contributed by atoms with E-state index in [9.17, 15) is 4.79 Å². The molecule has 0 saturated heterocycles. The molecule has 1 fully saturated rings. The van der Waals surface area contributed by atoms with Crippen LogP contribution < -0.4 is 4.74 Å². The second kappa shape index (κ2) is 4.52. The van der Waals surface area contributed by atoms with Gasteiger partial charge in [-0.05, 0) is 30.5 Å². The topological polar surface area (TPSA) is 26.3 Å². The molecule has 92 valence electrons. The molecule has 0 radical (unpaired) electrons. The lowest BCUT2D eigenvalue weighted by atomic mass is 9.54. The summed E-state index contributed by atoms with van der Waals surface area (Å²) in [4.78, 5) is 11.9. The summed E-state index contributed by atoms with van der Waals surface area (Å²) >= 11 is 0. The molecule has 0 bridgehead atoms. The molecule has 1 aromatic rings. The van der Waals surface area contributed by atoms with Crippen molar-refractivity contribution in [2.24, 2.45) is 5.41 Å². The minimum absolute atomic E-state index is 0.103. The largest absolute Gasteiger partial charge is 0.497 e. The van der Waals surface area contributed by atoms with Crippen molar-refractivity contribution in [3.8, 4) is 5.75 Å². The fourth-order valence-electron chi connectivity index (χ4n) is 3.06. The van der Waals surface area contributed by atoms with Crippen molar-refractivity contribution >= 4 is 5.78 Å². The molecule has 0 amide bonds. The summed E-state index contributed by atoms with van der Waals surface area (Å²) in [5.74, 6) is 1.71. The summed E-state index contributed by atoms with van der Waals surface area (Å²) in [7, 11) is 1.67. The van der Waals surface area contributed by atoms with Crippen molar-refractivity contribution < 1.29 is 9.53 Å². The van der Waals surface area contributed by atoms with E-state index >= 15 is 0 Å². The summed E-state index contributed by atoms with van der Waals surface area (Å²) in [6.45, 7) is 4.24. The predicted octanol–water partition coefficient (Wildman–Crippen LogP) is 3.56. The zero-order valence-electron chi connectivity index (χ0n) is 10.8. The highest BCUT2D eigenvalue weighted by molar-refractivity contribution is 5.93. The maximum Gasteiger partial charge on any atom is 0.140 e. The Balaban J connectivity index is 2.25. The third-order valence-corrected chi connectivity index (χ3v) is 4.39. The van der Waals surface area contributed by atoms with E-state index in [-0.39, 0.29) is 5.41 Å². The van der Waals surface area contributed by atoms with E-state index in [2.05, 4.69) is 26.0 Å². The molecule has 0 aliphatic heterocycles. The molecule has 2 heteroatoms. The Kier molecular flexibility index (Phi) is 3.23. The normalized spacial score (nSPS) is 22.1. The Morgan fingerprint density at radius 2 is 1.82 bits per heavy atom. The summed E-state index contributed by atoms with van der Waals surface area (Å²) in [5, 5.41) is 0. The third kappa shape index (κ3) is 1.76. The molecule has 2 nitrogen and oxygen atoms in total. The van der Waals surface area contributed by atoms with E-state index in [1.54, 1.807) is 7.11 Å². The van der Waals surface area contributed by atoms with Crippen LogP contribution in [0.15, 0.2) is 24.3 Å². The fourth-order valence-corrected chi connectivity index (χ4v) is 3.06. The van der Waals surface area contributed by atoms with Gasteiger partial charge in [-0.3, -0.25) is 4.79 Å². The molecular weight excluding hydrogens is 212 g/mol. The first-order valence-electron chi connectivity index (χ1n) is 6.35. The lowest BCUT2D eigenvalue weighted by molar-refractivity contribution is -0.141. The fraction of sp³-hybridized carbons (Fsp3) is 0.533. The Bertz CT molecular complexity index is 401. The van der Waals surface area contributed by atoms with Crippen LogP contribution in [-0.2, 0) is 4.79 Å². The van der Waals surface area contributed by atoms with Crippen molar-refractivity contribution in [1.82, 2.24) is 0 Å². The van der Waals surface area contributed by atoms with Gasteiger partial charge in [-0.25, -0.2) is 0 Å². The molecule has 1 unspecified atom stereocenters. The molecule has 1 aromatic carbocycles. The number of hydrogen-bond acceptors (Lipinski definition) is 2. The van der Waals surface area contributed by atoms with Gasteiger partial charge >= 0.3 is 0 Å². The minimum Gasteiger partial charge on any atom is -0.497 e. The maximum absolute atomic E-state index is 11.9. The number of carbonyl (C=O) groups excluding carboxylic acids is 1. The van der Waals surface area contributed by atoms with Gasteiger partial charge in [0.2, 0.25) is 0 Å². The van der Waals surface area contributed by atoms with Crippen LogP contribution in [0.2, 0.25) is 0 Å². The number of ether oxygens (including phenoxy) is 1. The molecule has 1 atom stereocenters. The van der Waals surface area contributed by atoms with Crippen LogP contribution >= 0.6 is 0 Å². The molecule has 17 heavy (non-hydrogen) atoms. The highest BCUT2D eigenvalue weighted by Gasteiger charge is 2.52. The first-order valence-corrected chi connectivity index (χ1v) is 6.35. The maximum atomic E-state index is 11.9. The Morgan fingerprint density at radius 1 is 1.24 bits per heavy atom. The van der Waals surface area contributed by atoms with E-state index in [0.717, 1.165) is 18.6 Å². The number of benzene rings is 1. The van der Waals surface area contributed by atoms with Crippen molar-refractivity contribution in [2.75, 3.05) is 7.11 Å². The zero-order valence-corrected chi connectivity index (χ0v) is 10.8. The highest BCUT2D eigenvalue weighted by atomic mass is 16.5. The SMILES string of the molecule is CCC1(CC)C(=O)CC1c1ccc(OC)cc1. The number of ketones is 1. The second-order valence-corrected chi connectivity index (χ2v) is 4.82. The second-order valence-electron chi connectivity index (χ2n) is 4.82. The number of Topliss-reactive ketones (excluding diaryl/α,β-unsaturated/α-hetero) is 1. The molecule has 0 N–H and O–H groups in total. The van der Waals surface area contributed by atoms with Crippen molar-refractivity contribution in [3.05, 3.63) is 29.8 Å². The van der Waals surface area contributed by atoms with Gasteiger partial charge in [-0.1, -0.05) is 26.0 Å². The first-order chi connectivity index (χ1) is 8.17. The van der Waals surface area contributed by atoms with Crippen molar-refractivity contribution in [3.63, 3.8) is 0 Å². The van der Waals surface area contributed by atoms with Crippen LogP contribution in [0, 0.1) is 5.41 Å². The van der Waals surface area contributed by atoms with Crippen molar-refractivity contribution in [1.29, 1.82) is 0 Å². The minimum atomic E-state index is -0.103. The first kappa shape index (κ1) is 12.2. The molecule has 0 spiro atoms. The van der Waals surface area contributed by atoms with E-state index in [0.29, 0.717) is 18.1 Å². The summed E-state index contributed by atoms with van der Waals surface area (Å²) in [6, 6.07) is 8.15. The lowest BCUT2D eigenvalue weighted by Crippen LogP contribution is -2.47. The van der Waals surface area contributed by atoms with Gasteiger partial charge in [-0.15, -0.1) is 0 Å². The van der Waals surface area contributed by atoms with E-state index in [1.807, 2.05) is 12.1 Å². The van der Waals surface area contributed by atoms with Crippen LogP contribution in [0.3, 0.4) is 0 Å². The smallest absolute Gasteiger partial charge is 0.140 e. The molecule has 2 rings (SSSR count). The Labute approximate surface area is 103 Å². The monoisotopic (exact) mass is 232 g/mol. The summed E-state index contributed by atoms with van der Waals surface area (Å²) in [5.41, 5.74) is 1.17. The number of methoxy groups -OCH3 is 1. The molecule has 0 heterocycles. The van der Waals surface area contributed by atoms with Crippen LogP contribution in [0.4, 0.5) is 0 Å². The number of hydrogen-bond donors (Lipinski definition) is 0. The predicted molar refractivity (Wildman–Crippen MR) is 68.4 cm³/mol. The third-order valence-electron chi connectivity index (χ3n) is 4.39. The Hall–Kier alpha value is -1.31. The van der Waals surface area contributed by atoms with Gasteiger partial charge in [0.25, 0.3) is 0 Å². The lowest BCUT2D eigenvalue weighted by Gasteiger charge is -2.47. The number of rotatable bonds is 4. The van der Waals surface area contributed by atoms with E-state index in [1.165, 1.54) is 5.56 Å². The summed E-state index contributed by atoms with van der Waals surface area (Å²) < 4.78 is 5.16. The molecule has 1 aliphatic rings. The summed E-state index contributed by atoms with van der Waals surface area (Å²) in [6.07, 6.45) is 2.59. The van der Waals surface area contributed by atoms with Gasteiger partial charge in [0, 0.05) is 17.8 Å². The van der Waals surface area contributed by atoms with Crippen LogP contribution in [-0.4, -0.2) is 12.9 Å². The molecule has 1 saturated carbocycles. The van der Waals surface area contributed by atoms with Crippen molar-refractivity contribution in [2.45, 2.75) is 39.0 Å². The molecule has 0 aromatic heterocycles. The van der Waals surface area contributed by atoms with Gasteiger partial charge < -0.3 is 4.74 Å². The van der Waals surface area contributed by atoms with Crippen LogP contribution in [0.5, 0.6) is 5.75 Å². The van der Waals surface area contributed by atoms with Gasteiger partial charge in [0.1, 0.15) is 11.5 Å².